The first-order valence-electron chi connectivity index (χ1n) is 5.56. The predicted octanol–water partition coefficient (Wildman–Crippen LogP) is 2.96. The lowest BCUT2D eigenvalue weighted by Crippen LogP contribution is -2.21. The van der Waals surface area contributed by atoms with E-state index in [1.54, 1.807) is 0 Å². The summed E-state index contributed by atoms with van der Waals surface area (Å²) >= 11 is 5.45. The average molecular weight is 223 g/mol. The molecule has 3 heteroatoms. The van der Waals surface area contributed by atoms with Crippen LogP contribution in [0.2, 0.25) is 0 Å². The third kappa shape index (κ3) is 8.79. The Labute approximate surface area is 92.6 Å². The van der Waals surface area contributed by atoms with Crippen LogP contribution in [-0.4, -0.2) is 29.8 Å². The molecule has 2 atom stereocenters. The molecule has 2 nitrogen and oxygen atoms in total. The quantitative estimate of drug-likeness (QED) is 0.480. The van der Waals surface area contributed by atoms with Crippen LogP contribution in [0, 0.1) is 0 Å². The molecule has 0 spiro atoms. The Balaban J connectivity index is 3.23. The first-order chi connectivity index (χ1) is 6.70. The van der Waals surface area contributed by atoms with E-state index in [9.17, 15) is 0 Å². The first-order valence-corrected chi connectivity index (χ1v) is 6.09. The van der Waals surface area contributed by atoms with Crippen LogP contribution in [0.3, 0.4) is 0 Å². The van der Waals surface area contributed by atoms with Gasteiger partial charge < -0.3 is 9.84 Å². The topological polar surface area (TPSA) is 29.5 Å². The summed E-state index contributed by atoms with van der Waals surface area (Å²) in [5, 5.41) is 9.16. The summed E-state index contributed by atoms with van der Waals surface area (Å²) in [5.41, 5.74) is 0. The van der Waals surface area contributed by atoms with Gasteiger partial charge in [0.1, 0.15) is 0 Å². The Morgan fingerprint density at radius 1 is 1.29 bits per heavy atom. The second kappa shape index (κ2) is 9.75. The smallest absolute Gasteiger partial charge is 0.0908 e. The van der Waals surface area contributed by atoms with Gasteiger partial charge in [0.25, 0.3) is 0 Å². The molecule has 0 aromatic carbocycles. The van der Waals surface area contributed by atoms with Crippen molar-refractivity contribution >= 4 is 11.6 Å². The number of unbranched alkanes of at least 4 members (excludes halogenated alkanes) is 3. The summed E-state index contributed by atoms with van der Waals surface area (Å²) in [7, 11) is 0. The molecule has 0 aromatic heterocycles. The highest BCUT2D eigenvalue weighted by molar-refractivity contribution is 6.18. The third-order valence-electron chi connectivity index (χ3n) is 2.22. The Morgan fingerprint density at radius 2 is 2.00 bits per heavy atom. The number of ether oxygens (including phenoxy) is 1. The first kappa shape index (κ1) is 14.2. The van der Waals surface area contributed by atoms with Crippen LogP contribution in [0.15, 0.2) is 0 Å². The maximum absolute atomic E-state index is 9.16. The molecule has 0 aliphatic carbocycles. The minimum absolute atomic E-state index is 0.240. The van der Waals surface area contributed by atoms with Crippen molar-refractivity contribution in [1.29, 1.82) is 0 Å². The lowest BCUT2D eigenvalue weighted by Gasteiger charge is -2.14. The molecule has 14 heavy (non-hydrogen) atoms. The van der Waals surface area contributed by atoms with E-state index in [4.69, 9.17) is 21.4 Å². The molecular formula is C11H23ClO2. The molecule has 0 saturated heterocycles. The van der Waals surface area contributed by atoms with Gasteiger partial charge in [0, 0.05) is 0 Å². The lowest BCUT2D eigenvalue weighted by atomic mass is 10.1. The zero-order chi connectivity index (χ0) is 10.8. The van der Waals surface area contributed by atoms with Gasteiger partial charge in [-0.15, -0.1) is 11.6 Å². The molecule has 0 unspecified atom stereocenters. The number of alkyl halides is 1. The van der Waals surface area contributed by atoms with Crippen molar-refractivity contribution in [3.63, 3.8) is 0 Å². The average Bonchev–Trinajstić information content (AvgIpc) is 2.21. The summed E-state index contributed by atoms with van der Waals surface area (Å²) in [6, 6.07) is 0. The summed E-state index contributed by atoms with van der Waals surface area (Å²) in [6.45, 7) is 4.61. The van der Waals surface area contributed by atoms with Crippen molar-refractivity contribution in [2.24, 2.45) is 0 Å². The number of aliphatic hydroxyl groups is 1. The van der Waals surface area contributed by atoms with Gasteiger partial charge >= 0.3 is 0 Å². The van der Waals surface area contributed by atoms with E-state index in [2.05, 4.69) is 6.92 Å². The number of rotatable bonds is 9. The monoisotopic (exact) mass is 222 g/mol. The summed E-state index contributed by atoms with van der Waals surface area (Å²) in [4.78, 5) is 0. The fourth-order valence-electron chi connectivity index (χ4n) is 1.26. The zero-order valence-corrected chi connectivity index (χ0v) is 10.1. The van der Waals surface area contributed by atoms with Gasteiger partial charge in [-0.25, -0.2) is 0 Å². The normalized spacial score (nSPS) is 15.4. The lowest BCUT2D eigenvalue weighted by molar-refractivity contribution is 0.00244. The van der Waals surface area contributed by atoms with Crippen molar-refractivity contribution < 1.29 is 9.84 Å². The number of hydrogen-bond acceptors (Lipinski definition) is 2. The number of halogens is 1. The zero-order valence-electron chi connectivity index (χ0n) is 9.34. The van der Waals surface area contributed by atoms with Crippen molar-refractivity contribution in [2.75, 3.05) is 12.5 Å². The van der Waals surface area contributed by atoms with Crippen LogP contribution in [0.1, 0.15) is 46.0 Å². The second-order valence-corrected chi connectivity index (χ2v) is 4.11. The van der Waals surface area contributed by atoms with Crippen LogP contribution in [0.5, 0.6) is 0 Å². The molecule has 0 heterocycles. The molecule has 0 saturated carbocycles. The van der Waals surface area contributed by atoms with Gasteiger partial charge in [-0.1, -0.05) is 32.6 Å². The van der Waals surface area contributed by atoms with Crippen molar-refractivity contribution in [2.45, 2.75) is 58.2 Å². The van der Waals surface area contributed by atoms with E-state index in [-0.39, 0.29) is 12.0 Å². The minimum atomic E-state index is -0.519. The Morgan fingerprint density at radius 3 is 2.57 bits per heavy atom. The molecule has 0 fully saturated rings. The van der Waals surface area contributed by atoms with Crippen LogP contribution in [0.4, 0.5) is 0 Å². The molecule has 1 N–H and O–H groups in total. The van der Waals surface area contributed by atoms with E-state index in [1.807, 2.05) is 6.92 Å². The fourth-order valence-corrected chi connectivity index (χ4v) is 1.35. The molecule has 0 aromatic rings. The molecule has 0 aliphatic rings. The van der Waals surface area contributed by atoms with Gasteiger partial charge in [0.15, 0.2) is 0 Å². The van der Waals surface area contributed by atoms with Crippen LogP contribution in [0.25, 0.3) is 0 Å². The van der Waals surface area contributed by atoms with Gasteiger partial charge in [0.05, 0.1) is 24.7 Å². The minimum Gasteiger partial charge on any atom is -0.389 e. The van der Waals surface area contributed by atoms with E-state index < -0.39 is 6.10 Å². The predicted molar refractivity (Wildman–Crippen MR) is 60.9 cm³/mol. The fraction of sp³-hybridized carbons (Fsp3) is 1.00. The molecule has 0 aliphatic heterocycles. The van der Waals surface area contributed by atoms with E-state index in [0.717, 1.165) is 6.42 Å². The molecule has 0 bridgehead atoms. The molecule has 0 rings (SSSR count). The standard InChI is InChI=1S/C11H23ClO2/c1-3-4-5-6-7-10(2)14-9-11(13)8-12/h10-11,13H,3-9H2,1-2H3/t10-,11+/m1/s1. The Hall–Kier alpha value is 0.210. The van der Waals surface area contributed by atoms with E-state index in [1.165, 1.54) is 25.7 Å². The van der Waals surface area contributed by atoms with Crippen LogP contribution < -0.4 is 0 Å². The highest BCUT2D eigenvalue weighted by atomic mass is 35.5. The molecular weight excluding hydrogens is 200 g/mol. The highest BCUT2D eigenvalue weighted by Gasteiger charge is 2.06. The van der Waals surface area contributed by atoms with Crippen molar-refractivity contribution in [3.05, 3.63) is 0 Å². The molecule has 0 radical (unpaired) electrons. The SMILES string of the molecule is CCCCCC[C@@H](C)OC[C@@H](O)CCl. The Kier molecular flexibility index (Phi) is 9.90. The van der Waals surface area contributed by atoms with Gasteiger partial charge in [0.2, 0.25) is 0 Å². The molecule has 86 valence electrons. The van der Waals surface area contributed by atoms with Gasteiger partial charge in [-0.05, 0) is 13.3 Å². The number of hydrogen-bond donors (Lipinski definition) is 1. The van der Waals surface area contributed by atoms with Crippen molar-refractivity contribution in [3.8, 4) is 0 Å². The van der Waals surface area contributed by atoms with Crippen LogP contribution >= 0.6 is 11.6 Å². The summed E-state index contributed by atoms with van der Waals surface area (Å²) < 4.78 is 5.44. The highest BCUT2D eigenvalue weighted by Crippen LogP contribution is 2.08. The maximum atomic E-state index is 9.16. The summed E-state index contributed by atoms with van der Waals surface area (Å²) in [6.07, 6.45) is 5.86. The molecule has 0 amide bonds. The van der Waals surface area contributed by atoms with Gasteiger partial charge in [-0.3, -0.25) is 0 Å². The second-order valence-electron chi connectivity index (χ2n) is 3.80. The largest absolute Gasteiger partial charge is 0.389 e. The van der Waals surface area contributed by atoms with E-state index >= 15 is 0 Å². The number of aliphatic hydroxyl groups excluding tert-OH is 1. The van der Waals surface area contributed by atoms with Crippen molar-refractivity contribution in [1.82, 2.24) is 0 Å². The maximum Gasteiger partial charge on any atom is 0.0908 e. The summed E-state index contributed by atoms with van der Waals surface area (Å²) in [5.74, 6) is 0.253. The van der Waals surface area contributed by atoms with E-state index in [0.29, 0.717) is 6.61 Å². The Bertz CT molecular complexity index is 120. The van der Waals surface area contributed by atoms with Crippen LogP contribution in [-0.2, 0) is 4.74 Å². The van der Waals surface area contributed by atoms with Gasteiger partial charge in [-0.2, -0.15) is 0 Å². The third-order valence-corrected chi connectivity index (χ3v) is 2.57.